The minimum Gasteiger partial charge on any atom is -0.341 e. The maximum Gasteiger partial charge on any atom is 0.239 e. The first kappa shape index (κ1) is 19.4. The van der Waals surface area contributed by atoms with Gasteiger partial charge < -0.3 is 16.0 Å². The summed E-state index contributed by atoms with van der Waals surface area (Å²) in [5.41, 5.74) is 9.77. The van der Waals surface area contributed by atoms with E-state index in [9.17, 15) is 4.79 Å². The lowest BCUT2D eigenvalue weighted by Crippen LogP contribution is -2.49. The van der Waals surface area contributed by atoms with Crippen LogP contribution < -0.4 is 11.1 Å². The maximum atomic E-state index is 12.9. The Kier molecular flexibility index (Phi) is 5.69. The highest BCUT2D eigenvalue weighted by atomic mass is 16.2. The van der Waals surface area contributed by atoms with Crippen molar-refractivity contribution >= 4 is 16.8 Å². The SMILES string of the molecule is Cc1cc(CC(N)C(=O)N2CCC(C3CCNCC3)CC2)cc2cnn(C)c12. The molecule has 1 aromatic heterocycles. The fraction of sp³-hybridized carbons (Fsp3) is 0.636. The Hall–Kier alpha value is -1.92. The van der Waals surface area contributed by atoms with Crippen molar-refractivity contribution in [2.45, 2.75) is 45.1 Å². The molecule has 1 atom stereocenters. The molecule has 1 amide bonds. The van der Waals surface area contributed by atoms with Crippen LogP contribution in [0.25, 0.3) is 10.9 Å². The van der Waals surface area contributed by atoms with Crippen molar-refractivity contribution in [3.8, 4) is 0 Å². The molecule has 1 aromatic carbocycles. The fourth-order valence-electron chi connectivity index (χ4n) is 5.23. The van der Waals surface area contributed by atoms with Gasteiger partial charge in [-0.1, -0.05) is 6.07 Å². The molecule has 0 saturated carbocycles. The van der Waals surface area contributed by atoms with Crippen molar-refractivity contribution in [3.05, 3.63) is 29.5 Å². The number of nitrogens with zero attached hydrogens (tertiary/aromatic N) is 3. The highest BCUT2D eigenvalue weighted by molar-refractivity contribution is 5.84. The van der Waals surface area contributed by atoms with Gasteiger partial charge in [0.05, 0.1) is 17.8 Å². The number of carbonyl (C=O) groups excluding carboxylic acids is 1. The van der Waals surface area contributed by atoms with Crippen LogP contribution in [-0.4, -0.2) is 52.8 Å². The number of piperidine rings is 2. The molecule has 0 aliphatic carbocycles. The number of carbonyl (C=O) groups is 1. The number of aromatic nitrogens is 2. The predicted octanol–water partition coefficient (Wildman–Crippen LogP) is 1.99. The molecule has 0 bridgehead atoms. The van der Waals surface area contributed by atoms with Crippen LogP contribution in [0.4, 0.5) is 0 Å². The summed E-state index contributed by atoms with van der Waals surface area (Å²) in [6.07, 6.45) is 7.29. The second-order valence-corrected chi connectivity index (χ2v) is 8.68. The molecular formula is C22H33N5O. The highest BCUT2D eigenvalue weighted by Crippen LogP contribution is 2.31. The third-order valence-corrected chi connectivity index (χ3v) is 6.76. The van der Waals surface area contributed by atoms with Crippen LogP contribution in [0.3, 0.4) is 0 Å². The molecule has 0 spiro atoms. The summed E-state index contributed by atoms with van der Waals surface area (Å²) in [6, 6.07) is 3.79. The average molecular weight is 384 g/mol. The molecule has 2 fully saturated rings. The van der Waals surface area contributed by atoms with E-state index in [1.165, 1.54) is 18.4 Å². The molecule has 28 heavy (non-hydrogen) atoms. The van der Waals surface area contributed by atoms with Crippen LogP contribution in [0.2, 0.25) is 0 Å². The number of rotatable bonds is 4. The number of hydrogen-bond acceptors (Lipinski definition) is 4. The first-order valence-corrected chi connectivity index (χ1v) is 10.7. The number of nitrogens with one attached hydrogen (secondary N) is 1. The third-order valence-electron chi connectivity index (χ3n) is 6.76. The molecule has 3 heterocycles. The molecule has 3 N–H and O–H groups in total. The van der Waals surface area contributed by atoms with Gasteiger partial charge in [0.2, 0.25) is 5.91 Å². The van der Waals surface area contributed by atoms with Gasteiger partial charge in [-0.15, -0.1) is 0 Å². The van der Waals surface area contributed by atoms with Crippen molar-refractivity contribution in [2.24, 2.45) is 24.6 Å². The van der Waals surface area contributed by atoms with Crippen LogP contribution in [0, 0.1) is 18.8 Å². The van der Waals surface area contributed by atoms with E-state index in [1.807, 2.05) is 22.8 Å². The maximum absolute atomic E-state index is 12.9. The predicted molar refractivity (Wildman–Crippen MR) is 112 cm³/mol. The van der Waals surface area contributed by atoms with E-state index in [-0.39, 0.29) is 5.91 Å². The van der Waals surface area contributed by atoms with Gasteiger partial charge in [0.25, 0.3) is 0 Å². The number of hydrogen-bond donors (Lipinski definition) is 2. The van der Waals surface area contributed by atoms with Crippen LogP contribution in [-0.2, 0) is 18.3 Å². The summed E-state index contributed by atoms with van der Waals surface area (Å²) in [4.78, 5) is 14.9. The second kappa shape index (κ2) is 8.21. The zero-order chi connectivity index (χ0) is 19.7. The van der Waals surface area contributed by atoms with E-state index < -0.39 is 6.04 Å². The molecule has 152 valence electrons. The molecule has 6 heteroatoms. The lowest BCUT2D eigenvalue weighted by Gasteiger charge is -2.38. The van der Waals surface area contributed by atoms with Gasteiger partial charge in [0.1, 0.15) is 0 Å². The zero-order valence-corrected chi connectivity index (χ0v) is 17.2. The van der Waals surface area contributed by atoms with Gasteiger partial charge in [-0.25, -0.2) is 0 Å². The fourth-order valence-corrected chi connectivity index (χ4v) is 5.23. The first-order chi connectivity index (χ1) is 13.5. The smallest absolute Gasteiger partial charge is 0.239 e. The van der Waals surface area contributed by atoms with Gasteiger partial charge in [-0.3, -0.25) is 9.48 Å². The van der Waals surface area contributed by atoms with Gasteiger partial charge in [-0.2, -0.15) is 5.10 Å². The number of fused-ring (bicyclic) bond motifs is 1. The zero-order valence-electron chi connectivity index (χ0n) is 17.2. The van der Waals surface area contributed by atoms with Crippen molar-refractivity contribution in [3.63, 3.8) is 0 Å². The second-order valence-electron chi connectivity index (χ2n) is 8.68. The lowest BCUT2D eigenvalue weighted by atomic mass is 9.79. The Bertz CT molecular complexity index is 831. The number of nitrogens with two attached hydrogens (primary N) is 1. The Morgan fingerprint density at radius 3 is 2.61 bits per heavy atom. The minimum atomic E-state index is -0.469. The Morgan fingerprint density at radius 1 is 1.21 bits per heavy atom. The first-order valence-electron chi connectivity index (χ1n) is 10.7. The quantitative estimate of drug-likeness (QED) is 0.847. The van der Waals surface area contributed by atoms with Crippen LogP contribution in [0.5, 0.6) is 0 Å². The van der Waals surface area contributed by atoms with E-state index in [4.69, 9.17) is 5.73 Å². The number of likely N-dealkylation sites (tertiary alicyclic amines) is 1. The van der Waals surface area contributed by atoms with Crippen molar-refractivity contribution < 1.29 is 4.79 Å². The molecule has 2 aromatic rings. The largest absolute Gasteiger partial charge is 0.341 e. The minimum absolute atomic E-state index is 0.104. The van der Waals surface area contributed by atoms with Gasteiger partial charge in [0, 0.05) is 25.5 Å². The molecular weight excluding hydrogens is 350 g/mol. The summed E-state index contributed by atoms with van der Waals surface area (Å²) in [7, 11) is 1.96. The van der Waals surface area contributed by atoms with Gasteiger partial charge in [0.15, 0.2) is 0 Å². The van der Waals surface area contributed by atoms with E-state index >= 15 is 0 Å². The Balaban J connectivity index is 1.35. The third kappa shape index (κ3) is 3.94. The van der Waals surface area contributed by atoms with Crippen molar-refractivity contribution in [1.29, 1.82) is 0 Å². The lowest BCUT2D eigenvalue weighted by molar-refractivity contribution is -0.134. The summed E-state index contributed by atoms with van der Waals surface area (Å²) >= 11 is 0. The normalized spacial score (nSPS) is 20.6. The Morgan fingerprint density at radius 2 is 1.89 bits per heavy atom. The van der Waals surface area contributed by atoms with Crippen LogP contribution in [0.1, 0.15) is 36.8 Å². The molecule has 2 aliphatic rings. The van der Waals surface area contributed by atoms with E-state index in [0.29, 0.717) is 6.42 Å². The van der Waals surface area contributed by atoms with Crippen LogP contribution in [0.15, 0.2) is 18.3 Å². The van der Waals surface area contributed by atoms with Crippen molar-refractivity contribution in [1.82, 2.24) is 20.0 Å². The number of benzene rings is 1. The molecule has 0 radical (unpaired) electrons. The topological polar surface area (TPSA) is 76.2 Å². The van der Waals surface area contributed by atoms with E-state index in [0.717, 1.165) is 67.3 Å². The van der Waals surface area contributed by atoms with Crippen molar-refractivity contribution in [2.75, 3.05) is 26.2 Å². The summed E-state index contributed by atoms with van der Waals surface area (Å²) in [6.45, 7) is 6.11. The summed E-state index contributed by atoms with van der Waals surface area (Å²) < 4.78 is 1.89. The van der Waals surface area contributed by atoms with Gasteiger partial charge in [-0.05, 0) is 81.1 Å². The standard InChI is InChI=1S/C22H33N5O/c1-15-11-16(12-19-14-25-26(2)21(15)19)13-20(23)22(28)27-9-5-18(6-10-27)17-3-7-24-8-4-17/h11-12,14,17-18,20,24H,3-10,13,23H2,1-2H3. The number of aryl methyl sites for hydroxylation is 2. The number of amides is 1. The Labute approximate surface area is 167 Å². The summed E-state index contributed by atoms with van der Waals surface area (Å²) in [5, 5.41) is 8.90. The average Bonchev–Trinajstić information content (AvgIpc) is 3.09. The molecule has 2 saturated heterocycles. The molecule has 1 unspecified atom stereocenters. The summed E-state index contributed by atoms with van der Waals surface area (Å²) in [5.74, 6) is 1.71. The van der Waals surface area contributed by atoms with Gasteiger partial charge >= 0.3 is 0 Å². The molecule has 4 rings (SSSR count). The van der Waals surface area contributed by atoms with Crippen LogP contribution >= 0.6 is 0 Å². The highest BCUT2D eigenvalue weighted by Gasteiger charge is 2.30. The van der Waals surface area contributed by atoms with E-state index in [2.05, 4.69) is 29.5 Å². The molecule has 6 nitrogen and oxygen atoms in total. The van der Waals surface area contributed by atoms with E-state index in [1.54, 1.807) is 0 Å². The molecule has 2 aliphatic heterocycles. The monoisotopic (exact) mass is 383 g/mol.